The number of nitrogens with zero attached hydrogens (tertiary/aromatic N) is 3. The highest BCUT2D eigenvalue weighted by molar-refractivity contribution is 6.30. The van der Waals surface area contributed by atoms with Crippen LogP contribution in [0.1, 0.15) is 33.3 Å². The van der Waals surface area contributed by atoms with Gasteiger partial charge in [0.2, 0.25) is 0 Å². The molecule has 8 heteroatoms. The van der Waals surface area contributed by atoms with Gasteiger partial charge in [0, 0.05) is 49.0 Å². The number of pyridine rings is 1. The van der Waals surface area contributed by atoms with Crippen molar-refractivity contribution in [3.05, 3.63) is 93.2 Å². The molecule has 0 N–H and O–H groups in total. The molecule has 6 nitrogen and oxygen atoms in total. The lowest BCUT2D eigenvalue weighted by molar-refractivity contribution is 0.00333. The zero-order chi connectivity index (χ0) is 24.8. The third kappa shape index (κ3) is 6.95. The van der Waals surface area contributed by atoms with Gasteiger partial charge in [-0.3, -0.25) is 9.69 Å². The number of amides is 1. The van der Waals surface area contributed by atoms with Crippen LogP contribution >= 0.6 is 23.2 Å². The first kappa shape index (κ1) is 25.5. The fourth-order valence-electron chi connectivity index (χ4n) is 4.22. The summed E-state index contributed by atoms with van der Waals surface area (Å²) in [5.41, 5.74) is 3.38. The number of carbonyl (C=O) groups excluding carboxylic acids is 1. The normalized spacial score (nSPS) is 15.1. The van der Waals surface area contributed by atoms with Crippen molar-refractivity contribution in [2.75, 3.05) is 39.8 Å². The SMILES string of the molecule is COc1cccc([C@@H](CN2CCN(C(=O)c3cc(C)nc(Cl)c3)CC2)OCc2cccc(Cl)c2)c1. The van der Waals surface area contributed by atoms with E-state index in [1.54, 1.807) is 19.2 Å². The van der Waals surface area contributed by atoms with E-state index in [1.807, 2.05) is 54.3 Å². The molecule has 0 bridgehead atoms. The van der Waals surface area contributed by atoms with E-state index >= 15 is 0 Å². The Labute approximate surface area is 216 Å². The number of ether oxygens (including phenoxy) is 2. The number of hydrogen-bond acceptors (Lipinski definition) is 5. The average Bonchev–Trinajstić information content (AvgIpc) is 2.86. The molecule has 35 heavy (non-hydrogen) atoms. The molecule has 1 aliphatic rings. The molecule has 1 amide bonds. The molecule has 3 aromatic rings. The van der Waals surface area contributed by atoms with Gasteiger partial charge in [0.25, 0.3) is 5.91 Å². The fourth-order valence-corrected chi connectivity index (χ4v) is 4.69. The van der Waals surface area contributed by atoms with Crippen molar-refractivity contribution in [1.82, 2.24) is 14.8 Å². The number of benzene rings is 2. The minimum atomic E-state index is -0.159. The van der Waals surface area contributed by atoms with Gasteiger partial charge in [0.15, 0.2) is 0 Å². The van der Waals surface area contributed by atoms with E-state index in [4.69, 9.17) is 32.7 Å². The second kappa shape index (κ2) is 11.9. The van der Waals surface area contributed by atoms with Crippen LogP contribution < -0.4 is 4.74 Å². The number of rotatable bonds is 8. The quantitative estimate of drug-likeness (QED) is 0.376. The van der Waals surface area contributed by atoms with Gasteiger partial charge in [-0.05, 0) is 54.4 Å². The van der Waals surface area contributed by atoms with Crippen LogP contribution in [0.2, 0.25) is 10.2 Å². The number of piperazine rings is 1. The van der Waals surface area contributed by atoms with E-state index in [1.165, 1.54) is 0 Å². The average molecular weight is 514 g/mol. The number of aromatic nitrogens is 1. The Morgan fingerprint density at radius 1 is 1.03 bits per heavy atom. The summed E-state index contributed by atoms with van der Waals surface area (Å²) in [4.78, 5) is 21.3. The van der Waals surface area contributed by atoms with Crippen LogP contribution in [0, 0.1) is 6.92 Å². The van der Waals surface area contributed by atoms with Gasteiger partial charge in [-0.1, -0.05) is 47.5 Å². The van der Waals surface area contributed by atoms with Gasteiger partial charge < -0.3 is 14.4 Å². The molecule has 4 rings (SSSR count). The summed E-state index contributed by atoms with van der Waals surface area (Å²) >= 11 is 12.2. The summed E-state index contributed by atoms with van der Waals surface area (Å²) in [6.45, 7) is 5.77. The Morgan fingerprint density at radius 2 is 1.80 bits per heavy atom. The molecule has 1 atom stereocenters. The highest BCUT2D eigenvalue weighted by Crippen LogP contribution is 2.26. The second-order valence-electron chi connectivity index (χ2n) is 8.62. The van der Waals surface area contributed by atoms with Gasteiger partial charge in [-0.15, -0.1) is 0 Å². The maximum Gasteiger partial charge on any atom is 0.254 e. The summed E-state index contributed by atoms with van der Waals surface area (Å²) in [5, 5.41) is 1.03. The lowest BCUT2D eigenvalue weighted by Crippen LogP contribution is -2.49. The maximum atomic E-state index is 13.0. The zero-order valence-electron chi connectivity index (χ0n) is 19.9. The fraction of sp³-hybridized carbons (Fsp3) is 0.333. The van der Waals surface area contributed by atoms with Gasteiger partial charge in [0.05, 0.1) is 19.8 Å². The van der Waals surface area contributed by atoms with Crippen LogP contribution in [0.25, 0.3) is 0 Å². The standard InChI is InChI=1S/C27H29Cl2N3O3/c1-19-13-22(16-26(29)30-19)27(33)32-11-9-31(10-12-32)17-25(21-6-4-8-24(15-21)34-2)35-18-20-5-3-7-23(28)14-20/h3-8,13-16,25H,9-12,17-18H2,1-2H3/t25-/m1/s1. The summed E-state index contributed by atoms with van der Waals surface area (Å²) < 4.78 is 11.8. The van der Waals surface area contributed by atoms with Crippen molar-refractivity contribution in [3.63, 3.8) is 0 Å². The third-order valence-electron chi connectivity index (χ3n) is 6.06. The number of aryl methyl sites for hydroxylation is 1. The molecular weight excluding hydrogens is 485 g/mol. The van der Waals surface area contributed by atoms with Crippen molar-refractivity contribution in [3.8, 4) is 5.75 Å². The van der Waals surface area contributed by atoms with E-state index in [0.29, 0.717) is 42.0 Å². The smallest absolute Gasteiger partial charge is 0.254 e. The molecule has 2 heterocycles. The molecule has 0 radical (unpaired) electrons. The molecule has 0 unspecified atom stereocenters. The molecule has 0 spiro atoms. The van der Waals surface area contributed by atoms with E-state index in [-0.39, 0.29) is 12.0 Å². The summed E-state index contributed by atoms with van der Waals surface area (Å²) in [5.74, 6) is 0.777. The molecule has 1 aromatic heterocycles. The van der Waals surface area contributed by atoms with Crippen molar-refractivity contribution < 1.29 is 14.3 Å². The van der Waals surface area contributed by atoms with E-state index < -0.39 is 0 Å². The monoisotopic (exact) mass is 513 g/mol. The highest BCUT2D eigenvalue weighted by atomic mass is 35.5. The zero-order valence-corrected chi connectivity index (χ0v) is 21.4. The Bertz CT molecular complexity index is 1150. The van der Waals surface area contributed by atoms with Crippen molar-refractivity contribution in [1.29, 1.82) is 0 Å². The highest BCUT2D eigenvalue weighted by Gasteiger charge is 2.25. The van der Waals surface area contributed by atoms with Crippen LogP contribution in [-0.2, 0) is 11.3 Å². The lowest BCUT2D eigenvalue weighted by Gasteiger charge is -2.36. The van der Waals surface area contributed by atoms with Crippen LogP contribution in [0.15, 0.2) is 60.7 Å². The molecule has 0 aliphatic carbocycles. The molecule has 0 saturated carbocycles. The molecular formula is C27H29Cl2N3O3. The van der Waals surface area contributed by atoms with Gasteiger partial charge >= 0.3 is 0 Å². The Morgan fingerprint density at radius 3 is 2.51 bits per heavy atom. The van der Waals surface area contributed by atoms with Crippen molar-refractivity contribution in [2.45, 2.75) is 19.6 Å². The number of carbonyl (C=O) groups is 1. The topological polar surface area (TPSA) is 54.9 Å². The first-order valence-electron chi connectivity index (χ1n) is 11.6. The third-order valence-corrected chi connectivity index (χ3v) is 6.49. The maximum absolute atomic E-state index is 13.0. The number of halogens is 2. The first-order valence-corrected chi connectivity index (χ1v) is 12.3. The van der Waals surface area contributed by atoms with Crippen LogP contribution in [0.3, 0.4) is 0 Å². The minimum absolute atomic E-state index is 0.0152. The van der Waals surface area contributed by atoms with Gasteiger partial charge in [-0.25, -0.2) is 4.98 Å². The van der Waals surface area contributed by atoms with Crippen molar-refractivity contribution in [2.24, 2.45) is 0 Å². The second-order valence-corrected chi connectivity index (χ2v) is 9.44. The number of hydrogen-bond donors (Lipinski definition) is 0. The van der Waals surface area contributed by atoms with Crippen LogP contribution in [-0.4, -0.2) is 60.5 Å². The predicted octanol–water partition coefficient (Wildman–Crippen LogP) is 5.42. The molecule has 1 aliphatic heterocycles. The van der Waals surface area contributed by atoms with E-state index in [2.05, 4.69) is 16.0 Å². The molecule has 1 fully saturated rings. The number of methoxy groups -OCH3 is 1. The van der Waals surface area contributed by atoms with E-state index in [0.717, 1.165) is 35.7 Å². The Balaban J connectivity index is 1.41. The summed E-state index contributed by atoms with van der Waals surface area (Å²) in [6.07, 6.45) is -0.159. The molecule has 2 aromatic carbocycles. The summed E-state index contributed by atoms with van der Waals surface area (Å²) in [7, 11) is 1.66. The van der Waals surface area contributed by atoms with Crippen molar-refractivity contribution >= 4 is 29.1 Å². The van der Waals surface area contributed by atoms with Crippen LogP contribution in [0.5, 0.6) is 5.75 Å². The van der Waals surface area contributed by atoms with Gasteiger partial charge in [0.1, 0.15) is 10.9 Å². The largest absolute Gasteiger partial charge is 0.497 e. The summed E-state index contributed by atoms with van der Waals surface area (Å²) in [6, 6.07) is 19.1. The Hall–Kier alpha value is -2.64. The molecule has 1 saturated heterocycles. The Kier molecular flexibility index (Phi) is 8.63. The molecule has 184 valence electrons. The first-order chi connectivity index (χ1) is 16.9. The minimum Gasteiger partial charge on any atom is -0.497 e. The van der Waals surface area contributed by atoms with Crippen LogP contribution in [0.4, 0.5) is 0 Å². The predicted molar refractivity (Wildman–Crippen MR) is 138 cm³/mol. The van der Waals surface area contributed by atoms with E-state index in [9.17, 15) is 4.79 Å². The lowest BCUT2D eigenvalue weighted by atomic mass is 10.1. The van der Waals surface area contributed by atoms with Gasteiger partial charge in [-0.2, -0.15) is 0 Å².